The van der Waals surface area contributed by atoms with Crippen molar-refractivity contribution < 1.29 is 31.1 Å². The third-order valence-electron chi connectivity index (χ3n) is 7.26. The quantitative estimate of drug-likeness (QED) is 0.116. The molecule has 0 fully saturated rings. The summed E-state index contributed by atoms with van der Waals surface area (Å²) in [5.41, 5.74) is 2.84. The summed E-state index contributed by atoms with van der Waals surface area (Å²) in [5.74, 6) is -5.00. The van der Waals surface area contributed by atoms with Gasteiger partial charge in [-0.05, 0) is 88.2 Å². The van der Waals surface area contributed by atoms with E-state index in [4.69, 9.17) is 4.74 Å². The molecular weight excluding hydrogens is 562 g/mol. The van der Waals surface area contributed by atoms with Crippen LogP contribution < -0.4 is 4.74 Å². The van der Waals surface area contributed by atoms with E-state index in [1.165, 1.54) is 30.3 Å². The fraction of sp³-hybridized carbons (Fsp3) is 0.167. The van der Waals surface area contributed by atoms with E-state index in [1.54, 1.807) is 36.4 Å². The lowest BCUT2D eigenvalue weighted by atomic mass is 9.99. The molecule has 1 nitrogen and oxygen atoms in total. The van der Waals surface area contributed by atoms with Crippen molar-refractivity contribution in [1.82, 2.24) is 0 Å². The zero-order chi connectivity index (χ0) is 30.6. The van der Waals surface area contributed by atoms with Crippen LogP contribution in [0.2, 0.25) is 0 Å². The van der Waals surface area contributed by atoms with Crippen LogP contribution in [0, 0.1) is 23.3 Å². The number of rotatable bonds is 10. The summed E-state index contributed by atoms with van der Waals surface area (Å²) >= 11 is 0. The van der Waals surface area contributed by atoms with Crippen molar-refractivity contribution in [2.75, 3.05) is 0 Å². The number of alkyl halides is 2. The van der Waals surface area contributed by atoms with Gasteiger partial charge in [-0.2, -0.15) is 8.78 Å². The van der Waals surface area contributed by atoms with Crippen LogP contribution in [0.15, 0.2) is 103 Å². The first kappa shape index (κ1) is 30.0. The van der Waals surface area contributed by atoms with E-state index in [-0.39, 0.29) is 11.3 Å². The Bertz CT molecular complexity index is 1670. The van der Waals surface area contributed by atoms with Crippen molar-refractivity contribution in [2.45, 2.75) is 38.7 Å². The van der Waals surface area contributed by atoms with E-state index >= 15 is 8.78 Å². The van der Waals surface area contributed by atoms with Gasteiger partial charge in [0, 0.05) is 0 Å². The topological polar surface area (TPSA) is 9.23 Å². The molecule has 220 valence electrons. The number of hydrogen-bond acceptors (Lipinski definition) is 1. The molecule has 5 aromatic rings. The second-order valence-corrected chi connectivity index (χ2v) is 10.3. The van der Waals surface area contributed by atoms with Gasteiger partial charge in [0.2, 0.25) is 0 Å². The van der Waals surface area contributed by atoms with Gasteiger partial charge in [-0.15, -0.1) is 0 Å². The van der Waals surface area contributed by atoms with Gasteiger partial charge >= 0.3 is 6.11 Å². The average Bonchev–Trinajstić information content (AvgIpc) is 2.99. The van der Waals surface area contributed by atoms with Crippen molar-refractivity contribution >= 4 is 0 Å². The van der Waals surface area contributed by atoms with Crippen LogP contribution in [0.5, 0.6) is 5.75 Å². The minimum Gasteiger partial charge on any atom is -0.429 e. The summed E-state index contributed by atoms with van der Waals surface area (Å²) in [7, 11) is 0. The number of benzene rings is 5. The van der Waals surface area contributed by atoms with E-state index in [0.29, 0.717) is 22.3 Å². The molecule has 0 heterocycles. The van der Waals surface area contributed by atoms with Gasteiger partial charge in [-0.1, -0.05) is 86.5 Å². The monoisotopic (exact) mass is 590 g/mol. The molecular formula is C36H28F6O. The second kappa shape index (κ2) is 12.8. The lowest BCUT2D eigenvalue weighted by Gasteiger charge is -2.20. The maximum Gasteiger partial charge on any atom is 0.432 e. The van der Waals surface area contributed by atoms with Crippen LogP contribution in [0.4, 0.5) is 26.3 Å². The number of halogens is 6. The van der Waals surface area contributed by atoms with Crippen LogP contribution in [-0.4, -0.2) is 0 Å². The molecule has 0 aliphatic rings. The van der Waals surface area contributed by atoms with Crippen LogP contribution >= 0.6 is 0 Å². The van der Waals surface area contributed by atoms with Crippen molar-refractivity contribution in [1.29, 1.82) is 0 Å². The molecule has 5 rings (SSSR count). The second-order valence-electron chi connectivity index (χ2n) is 10.3. The summed E-state index contributed by atoms with van der Waals surface area (Å²) < 4.78 is 91.5. The highest BCUT2D eigenvalue weighted by atomic mass is 19.3. The maximum absolute atomic E-state index is 15.0. The summed E-state index contributed by atoms with van der Waals surface area (Å²) in [6, 6.07) is 25.1. The summed E-state index contributed by atoms with van der Waals surface area (Å²) in [6.45, 7) is 2.12. The van der Waals surface area contributed by atoms with Crippen molar-refractivity contribution in [3.63, 3.8) is 0 Å². The van der Waals surface area contributed by atoms with Gasteiger partial charge < -0.3 is 4.74 Å². The van der Waals surface area contributed by atoms with E-state index in [2.05, 4.69) is 6.92 Å². The van der Waals surface area contributed by atoms with Crippen molar-refractivity contribution in [3.8, 4) is 39.1 Å². The van der Waals surface area contributed by atoms with Gasteiger partial charge in [0.15, 0.2) is 11.6 Å². The molecule has 0 unspecified atom stereocenters. The molecule has 0 saturated heterocycles. The Morgan fingerprint density at radius 3 is 1.53 bits per heavy atom. The lowest BCUT2D eigenvalue weighted by Crippen LogP contribution is -2.25. The van der Waals surface area contributed by atoms with Crippen LogP contribution in [-0.2, 0) is 12.5 Å². The third-order valence-corrected chi connectivity index (χ3v) is 7.26. The Morgan fingerprint density at radius 1 is 0.512 bits per heavy atom. The number of unbranched alkanes of at least 4 members (excludes halogenated alkanes) is 2. The third kappa shape index (κ3) is 6.94. The number of ether oxygens (including phenoxy) is 1. The van der Waals surface area contributed by atoms with Crippen LogP contribution in [0.1, 0.15) is 37.3 Å². The summed E-state index contributed by atoms with van der Waals surface area (Å²) in [4.78, 5) is 0. The van der Waals surface area contributed by atoms with Gasteiger partial charge in [0.25, 0.3) is 0 Å². The Kier molecular flexibility index (Phi) is 8.90. The fourth-order valence-corrected chi connectivity index (χ4v) is 4.91. The Labute approximate surface area is 246 Å². The molecule has 0 bridgehead atoms. The van der Waals surface area contributed by atoms with Gasteiger partial charge in [-0.3, -0.25) is 0 Å². The zero-order valence-electron chi connectivity index (χ0n) is 23.3. The van der Waals surface area contributed by atoms with E-state index in [0.717, 1.165) is 61.1 Å². The molecule has 5 aromatic carbocycles. The Balaban J connectivity index is 1.29. The molecule has 0 spiro atoms. The highest BCUT2D eigenvalue weighted by molar-refractivity contribution is 5.71. The lowest BCUT2D eigenvalue weighted by molar-refractivity contribution is -0.189. The number of hydrogen-bond donors (Lipinski definition) is 0. The Hall–Kier alpha value is -4.52. The van der Waals surface area contributed by atoms with Crippen LogP contribution in [0.25, 0.3) is 33.4 Å². The van der Waals surface area contributed by atoms with Crippen LogP contribution in [0.3, 0.4) is 0 Å². The minimum atomic E-state index is -4.27. The molecule has 0 N–H and O–H groups in total. The molecule has 0 radical (unpaired) electrons. The highest BCUT2D eigenvalue weighted by Crippen LogP contribution is 2.38. The van der Waals surface area contributed by atoms with E-state index in [1.807, 2.05) is 12.1 Å². The standard InChI is InChI=1S/C36H28F6O/c1-2-3-4-5-23-6-8-27(9-7-23)29-21-33(39)35(34(40)22-29)36(41,42)43-30-17-14-25(15-18-30)24-10-12-26(13-11-24)28-16-19-31(37)32(38)20-28/h6-22H,2-5H2,1H3. The largest absolute Gasteiger partial charge is 0.432 e. The SMILES string of the molecule is CCCCCc1ccc(-c2cc(F)c(C(F)(F)Oc3ccc(-c4ccc(-c5ccc(F)c(F)c5)cc4)cc3)c(F)c2)cc1. The molecule has 0 aliphatic carbocycles. The summed E-state index contributed by atoms with van der Waals surface area (Å²) in [6.07, 6.45) is -0.127. The smallest absolute Gasteiger partial charge is 0.429 e. The molecule has 0 aliphatic heterocycles. The highest BCUT2D eigenvalue weighted by Gasteiger charge is 2.41. The molecule has 7 heteroatoms. The number of aryl methyl sites for hydroxylation is 1. The van der Waals surface area contributed by atoms with E-state index < -0.39 is 34.9 Å². The predicted molar refractivity (Wildman–Crippen MR) is 157 cm³/mol. The van der Waals surface area contributed by atoms with Crippen molar-refractivity contribution in [2.24, 2.45) is 0 Å². The predicted octanol–water partition coefficient (Wildman–Crippen LogP) is 11.1. The summed E-state index contributed by atoms with van der Waals surface area (Å²) in [5, 5.41) is 0. The van der Waals surface area contributed by atoms with Gasteiger partial charge in [0.1, 0.15) is 22.9 Å². The first-order chi connectivity index (χ1) is 20.6. The fourth-order valence-electron chi connectivity index (χ4n) is 4.91. The molecule has 43 heavy (non-hydrogen) atoms. The van der Waals surface area contributed by atoms with Crippen molar-refractivity contribution in [3.05, 3.63) is 138 Å². The van der Waals surface area contributed by atoms with Gasteiger partial charge in [0.05, 0.1) is 0 Å². The molecule has 0 amide bonds. The molecule has 0 atom stereocenters. The van der Waals surface area contributed by atoms with E-state index in [9.17, 15) is 17.6 Å². The van der Waals surface area contributed by atoms with Gasteiger partial charge in [-0.25, -0.2) is 17.6 Å². The zero-order valence-corrected chi connectivity index (χ0v) is 23.3. The normalized spacial score (nSPS) is 11.5. The first-order valence-electron chi connectivity index (χ1n) is 14.0. The molecule has 0 saturated carbocycles. The maximum atomic E-state index is 15.0. The first-order valence-corrected chi connectivity index (χ1v) is 14.0. The minimum absolute atomic E-state index is 0.148. The Morgan fingerprint density at radius 2 is 0.977 bits per heavy atom. The average molecular weight is 591 g/mol. The molecule has 0 aromatic heterocycles.